The van der Waals surface area contributed by atoms with E-state index in [0.717, 1.165) is 37.0 Å². The summed E-state index contributed by atoms with van der Waals surface area (Å²) >= 11 is 0. The number of hydrogen-bond acceptors (Lipinski definition) is 4. The lowest BCUT2D eigenvalue weighted by Crippen LogP contribution is -2.51. The van der Waals surface area contributed by atoms with Gasteiger partial charge in [0.05, 0.1) is 20.3 Å². The minimum atomic E-state index is -2.02. The predicted molar refractivity (Wildman–Crippen MR) is 171 cm³/mol. The molecule has 5 heteroatoms. The summed E-state index contributed by atoms with van der Waals surface area (Å²) in [4.78, 5) is 12.6. The summed E-state index contributed by atoms with van der Waals surface area (Å²) in [7, 11) is -0.342. The molecule has 0 saturated carbocycles. The number of benzene rings is 1. The monoisotopic (exact) mass is 568 g/mol. The van der Waals surface area contributed by atoms with Gasteiger partial charge in [0, 0.05) is 18.9 Å². The molecular weight excluding hydrogens is 512 g/mol. The van der Waals surface area contributed by atoms with Crippen LogP contribution in [-0.2, 0) is 20.6 Å². The molecule has 2 atom stereocenters. The molecule has 1 aliphatic carbocycles. The van der Waals surface area contributed by atoms with Crippen molar-refractivity contribution in [2.75, 3.05) is 13.7 Å². The van der Waals surface area contributed by atoms with Gasteiger partial charge in [0.25, 0.3) is 0 Å². The number of ether oxygens (including phenoxy) is 2. The van der Waals surface area contributed by atoms with E-state index < -0.39 is 8.32 Å². The number of ketones is 1. The zero-order valence-electron chi connectivity index (χ0n) is 26.8. The number of rotatable bonds is 10. The number of carbonyl (C=O) groups is 1. The Morgan fingerprint density at radius 1 is 0.875 bits per heavy atom. The molecule has 0 radical (unpaired) electrons. The average Bonchev–Trinajstić information content (AvgIpc) is 2.91. The number of hydrogen-bond donors (Lipinski definition) is 0. The molecule has 0 heterocycles. The van der Waals surface area contributed by atoms with Gasteiger partial charge in [0.1, 0.15) is 11.5 Å². The first-order chi connectivity index (χ1) is 19.0. The maximum atomic E-state index is 12.6. The Labute approximate surface area is 246 Å². The van der Waals surface area contributed by atoms with Crippen LogP contribution in [0.1, 0.15) is 99.5 Å². The van der Waals surface area contributed by atoms with Crippen LogP contribution in [0, 0.1) is 5.92 Å². The highest BCUT2D eigenvalue weighted by atomic mass is 28.4. The van der Waals surface area contributed by atoms with E-state index in [9.17, 15) is 4.79 Å². The first-order valence-electron chi connectivity index (χ1n) is 15.4. The van der Waals surface area contributed by atoms with Gasteiger partial charge in [-0.15, -0.1) is 0 Å². The predicted octanol–water partition coefficient (Wildman–Crippen LogP) is 9.76. The van der Waals surface area contributed by atoms with E-state index >= 15 is 0 Å². The second kappa shape index (κ2) is 17.1. The van der Waals surface area contributed by atoms with Gasteiger partial charge in [-0.25, -0.2) is 0 Å². The highest BCUT2D eigenvalue weighted by molar-refractivity contribution is 6.77. The van der Waals surface area contributed by atoms with Crippen LogP contribution >= 0.6 is 0 Å². The van der Waals surface area contributed by atoms with Gasteiger partial charge in [-0.1, -0.05) is 90.5 Å². The number of methoxy groups -OCH3 is 1. The second-order valence-electron chi connectivity index (χ2n) is 12.5. The summed E-state index contributed by atoms with van der Waals surface area (Å²) < 4.78 is 18.9. The summed E-state index contributed by atoms with van der Waals surface area (Å²) in [6.45, 7) is 19.9. The molecule has 1 aromatic carbocycles. The van der Waals surface area contributed by atoms with Gasteiger partial charge < -0.3 is 13.9 Å². The van der Waals surface area contributed by atoms with Crippen molar-refractivity contribution in [3.63, 3.8) is 0 Å². The van der Waals surface area contributed by atoms with Gasteiger partial charge in [-0.2, -0.15) is 0 Å². The quantitative estimate of drug-likeness (QED) is 0.208. The Balaban J connectivity index is 2.29. The van der Waals surface area contributed by atoms with Crippen molar-refractivity contribution in [2.24, 2.45) is 5.92 Å². The van der Waals surface area contributed by atoms with Crippen molar-refractivity contribution in [1.29, 1.82) is 0 Å². The van der Waals surface area contributed by atoms with Crippen LogP contribution in [0.15, 0.2) is 59.7 Å². The molecule has 0 unspecified atom stereocenters. The fourth-order valence-corrected chi connectivity index (χ4v) is 12.0. The fraction of sp³-hybridized carbons (Fsp3) is 0.629. The minimum absolute atomic E-state index is 0.204. The van der Waals surface area contributed by atoms with Gasteiger partial charge >= 0.3 is 0 Å². The summed E-state index contributed by atoms with van der Waals surface area (Å²) in [6, 6.07) is 8.01. The van der Waals surface area contributed by atoms with Gasteiger partial charge in [-0.05, 0) is 78.4 Å². The van der Waals surface area contributed by atoms with Crippen molar-refractivity contribution < 1.29 is 18.7 Å². The number of allylic oxidation sites excluding steroid dienone is 5. The highest BCUT2D eigenvalue weighted by Gasteiger charge is 2.47. The molecule has 0 saturated heterocycles. The lowest BCUT2D eigenvalue weighted by Gasteiger charge is -2.46. The van der Waals surface area contributed by atoms with Crippen LogP contribution in [-0.4, -0.2) is 33.9 Å². The lowest BCUT2D eigenvalue weighted by molar-refractivity contribution is -0.118. The summed E-state index contributed by atoms with van der Waals surface area (Å²) in [5.74, 6) is 1.54. The minimum Gasteiger partial charge on any atom is -0.497 e. The molecule has 0 amide bonds. The third-order valence-corrected chi connectivity index (χ3v) is 14.9. The van der Waals surface area contributed by atoms with Crippen molar-refractivity contribution in [3.8, 4) is 5.75 Å². The van der Waals surface area contributed by atoms with Crippen molar-refractivity contribution >= 4 is 14.1 Å². The molecule has 1 aliphatic rings. The standard InChI is InChI=1S/C35H56O4Si/c1-26(2)40(27(3)4,28(5)6)39-35-23-16-29(7)32(25-38-24-31-17-21-34(37-9)22-18-31)19-20-33(36)15-13-11-10-12-14-30(35)8/h10-13,17-18,21-22,26-28,30,35H,14-16,19-20,23-25H2,1-9H3/b12-10-,13-11+,32-29+/t30-,35-/m0/s1. The summed E-state index contributed by atoms with van der Waals surface area (Å²) in [5.41, 5.74) is 5.38. The third-order valence-electron chi connectivity index (χ3n) is 8.75. The van der Waals surface area contributed by atoms with E-state index in [2.05, 4.69) is 67.5 Å². The molecule has 0 bridgehead atoms. The van der Waals surface area contributed by atoms with Crippen LogP contribution in [0.3, 0.4) is 0 Å². The zero-order valence-corrected chi connectivity index (χ0v) is 27.8. The number of Topliss-reactive ketones (excluding diaryl/α,β-unsaturated/α-hetero) is 1. The first-order valence-corrected chi connectivity index (χ1v) is 17.5. The molecule has 0 aromatic heterocycles. The Bertz CT molecular complexity index is 965. The maximum Gasteiger partial charge on any atom is 0.200 e. The Morgan fingerprint density at radius 3 is 2.10 bits per heavy atom. The van der Waals surface area contributed by atoms with E-state index in [0.29, 0.717) is 48.6 Å². The molecule has 224 valence electrons. The Kier molecular flexibility index (Phi) is 14.6. The van der Waals surface area contributed by atoms with Gasteiger partial charge in [0.15, 0.2) is 0 Å². The second-order valence-corrected chi connectivity index (χ2v) is 18.0. The van der Waals surface area contributed by atoms with E-state index in [1.54, 1.807) is 7.11 Å². The van der Waals surface area contributed by atoms with E-state index in [1.165, 1.54) is 11.1 Å². The van der Waals surface area contributed by atoms with Crippen LogP contribution in [0.5, 0.6) is 5.75 Å². The van der Waals surface area contributed by atoms with E-state index in [-0.39, 0.29) is 11.9 Å². The molecular formula is C35H56O4Si. The molecule has 4 nitrogen and oxygen atoms in total. The third kappa shape index (κ3) is 10.1. The Hall–Kier alpha value is -1.95. The molecule has 2 rings (SSSR count). The molecule has 1 aromatic rings. The lowest BCUT2D eigenvalue weighted by atomic mass is 9.93. The SMILES string of the molecule is COc1ccc(COC/C2=C(\C)CC[C@H](O[Si](C(C)C)(C(C)C)C(C)C)[C@@H](C)C/C=C\C=C\CC(=O)CC2)cc1. The number of carbonyl (C=O) groups excluding carboxylic acids is 1. The molecule has 0 N–H and O–H groups in total. The van der Waals surface area contributed by atoms with Crippen molar-refractivity contribution in [2.45, 2.75) is 123 Å². The topological polar surface area (TPSA) is 44.8 Å². The van der Waals surface area contributed by atoms with Crippen molar-refractivity contribution in [1.82, 2.24) is 0 Å². The highest BCUT2D eigenvalue weighted by Crippen LogP contribution is 2.44. The van der Waals surface area contributed by atoms with Crippen LogP contribution < -0.4 is 4.74 Å². The van der Waals surface area contributed by atoms with Crippen LogP contribution in [0.25, 0.3) is 0 Å². The van der Waals surface area contributed by atoms with Crippen LogP contribution in [0.4, 0.5) is 0 Å². The first kappa shape index (κ1) is 34.2. The normalized spacial score (nSPS) is 23.8. The van der Waals surface area contributed by atoms with Gasteiger partial charge in [-0.3, -0.25) is 4.79 Å². The molecule has 40 heavy (non-hydrogen) atoms. The zero-order chi connectivity index (χ0) is 29.7. The maximum absolute atomic E-state index is 12.6. The Morgan fingerprint density at radius 2 is 1.50 bits per heavy atom. The van der Waals surface area contributed by atoms with E-state index in [4.69, 9.17) is 13.9 Å². The summed E-state index contributed by atoms with van der Waals surface area (Å²) in [6.07, 6.45) is 13.3. The molecule has 0 aliphatic heterocycles. The van der Waals surface area contributed by atoms with Crippen LogP contribution in [0.2, 0.25) is 16.6 Å². The van der Waals surface area contributed by atoms with E-state index in [1.807, 2.05) is 36.4 Å². The van der Waals surface area contributed by atoms with Gasteiger partial charge in [0.2, 0.25) is 8.32 Å². The van der Waals surface area contributed by atoms with Crippen molar-refractivity contribution in [3.05, 3.63) is 65.3 Å². The molecule has 0 fully saturated rings. The average molecular weight is 569 g/mol. The largest absolute Gasteiger partial charge is 0.497 e. The summed E-state index contributed by atoms with van der Waals surface area (Å²) in [5, 5.41) is 0. The smallest absolute Gasteiger partial charge is 0.200 e. The fourth-order valence-electron chi connectivity index (χ4n) is 6.28. The molecule has 0 spiro atoms.